The van der Waals surface area contributed by atoms with E-state index in [1.807, 2.05) is 68.6 Å². The van der Waals surface area contributed by atoms with Crippen molar-refractivity contribution >= 4 is 39.0 Å². The first kappa shape index (κ1) is 22.4. The van der Waals surface area contributed by atoms with Gasteiger partial charge in [-0.3, -0.25) is 0 Å². The minimum absolute atomic E-state index is 0.00562. The molecular weight excluding hydrogens is 462 g/mol. The van der Waals surface area contributed by atoms with Gasteiger partial charge >= 0.3 is 0 Å². The molecule has 8 nitrogen and oxygen atoms in total. The summed E-state index contributed by atoms with van der Waals surface area (Å²) in [6.07, 6.45) is 2.17. The average molecular weight is 490 g/mol. The second-order valence-corrected chi connectivity index (χ2v) is 10.5. The number of fused-ring (bicyclic) bond motifs is 2. The number of aromatic nitrogens is 3. The normalized spacial score (nSPS) is 25.0. The highest BCUT2D eigenvalue weighted by Gasteiger charge is 2.54. The van der Waals surface area contributed by atoms with Crippen molar-refractivity contribution in [1.82, 2.24) is 15.0 Å². The molecule has 4 aromatic rings. The van der Waals surface area contributed by atoms with Crippen molar-refractivity contribution in [3.05, 3.63) is 60.8 Å². The Morgan fingerprint density at radius 3 is 2.60 bits per heavy atom. The van der Waals surface area contributed by atoms with Gasteiger partial charge in [-0.15, -0.1) is 11.3 Å². The number of aliphatic hydroxyl groups is 1. The molecule has 9 heteroatoms. The average Bonchev–Trinajstić information content (AvgIpc) is 3.51. The number of nitrogens with one attached hydrogen (secondary N) is 2. The Morgan fingerprint density at radius 2 is 1.80 bits per heavy atom. The number of thiazole rings is 1. The summed E-state index contributed by atoms with van der Waals surface area (Å²) >= 11 is 1.61. The van der Waals surface area contributed by atoms with Crippen LogP contribution in [0.4, 0.5) is 17.5 Å². The summed E-state index contributed by atoms with van der Waals surface area (Å²) in [6, 6.07) is 17.8. The lowest BCUT2D eigenvalue weighted by atomic mass is 10.1. The number of aliphatic hydroxyl groups excluding tert-OH is 1. The molecule has 1 aliphatic carbocycles. The van der Waals surface area contributed by atoms with Gasteiger partial charge in [0.25, 0.3) is 0 Å². The summed E-state index contributed by atoms with van der Waals surface area (Å²) in [7, 11) is 0. The summed E-state index contributed by atoms with van der Waals surface area (Å²) in [5.41, 5.74) is 2.68. The topological polar surface area (TPSA) is 101 Å². The molecule has 4 atom stereocenters. The predicted molar refractivity (Wildman–Crippen MR) is 137 cm³/mol. The molecule has 1 saturated heterocycles. The molecule has 3 N–H and O–H groups in total. The maximum Gasteiger partial charge on any atom is 0.229 e. The van der Waals surface area contributed by atoms with Crippen LogP contribution in [-0.2, 0) is 9.47 Å². The van der Waals surface area contributed by atoms with Crippen molar-refractivity contribution in [1.29, 1.82) is 0 Å². The van der Waals surface area contributed by atoms with Gasteiger partial charge in [0.05, 0.1) is 27.9 Å². The molecular formula is C26H27N5O3S. The SMILES string of the molecule is CC1(C)O[C@@H]2[C@@H](CO)C[C@@H](Nc3nc(Nc4ccccc4)ncc3-c3nc4ccccc4s3)[C@@H]2O1. The van der Waals surface area contributed by atoms with Gasteiger partial charge in [0.15, 0.2) is 5.79 Å². The fourth-order valence-electron chi connectivity index (χ4n) is 4.93. The monoisotopic (exact) mass is 489 g/mol. The number of rotatable bonds is 6. The Hall–Kier alpha value is -3.11. The largest absolute Gasteiger partial charge is 0.396 e. The Bertz CT molecular complexity index is 1310. The van der Waals surface area contributed by atoms with Gasteiger partial charge in [-0.2, -0.15) is 4.98 Å². The van der Waals surface area contributed by atoms with Crippen molar-refractivity contribution < 1.29 is 14.6 Å². The zero-order valence-electron chi connectivity index (χ0n) is 19.5. The van der Waals surface area contributed by atoms with Crippen molar-refractivity contribution in [2.45, 2.75) is 44.3 Å². The Kier molecular flexibility index (Phi) is 5.64. The first-order valence-electron chi connectivity index (χ1n) is 11.8. The van der Waals surface area contributed by atoms with Crippen LogP contribution in [0.25, 0.3) is 20.8 Å². The molecule has 2 aromatic heterocycles. The molecule has 180 valence electrons. The standard InChI is InChI=1S/C26H27N5O3S/c1-26(2)33-21-15(14-32)12-19(22(21)34-26)29-23-17(24-30-18-10-6-7-11-20(18)35-24)13-27-25(31-23)28-16-8-4-3-5-9-16/h3-11,13,15,19,21-22,32H,12,14H2,1-2H3,(H2,27,28,29,31)/t15-,19-,21-,22+/m1/s1. The minimum atomic E-state index is -0.690. The highest BCUT2D eigenvalue weighted by Crippen LogP contribution is 2.43. The maximum absolute atomic E-state index is 9.98. The van der Waals surface area contributed by atoms with Gasteiger partial charge in [-0.1, -0.05) is 30.3 Å². The van der Waals surface area contributed by atoms with Crippen LogP contribution in [0.3, 0.4) is 0 Å². The molecule has 0 amide bonds. The lowest BCUT2D eigenvalue weighted by Gasteiger charge is -2.24. The van der Waals surface area contributed by atoms with Crippen LogP contribution in [0.1, 0.15) is 20.3 Å². The fraction of sp³-hybridized carbons (Fsp3) is 0.346. The summed E-state index contributed by atoms with van der Waals surface area (Å²) in [4.78, 5) is 14.3. The number of ether oxygens (including phenoxy) is 2. The van der Waals surface area contributed by atoms with E-state index in [0.29, 0.717) is 18.2 Å². The molecule has 35 heavy (non-hydrogen) atoms. The van der Waals surface area contributed by atoms with E-state index in [0.717, 1.165) is 26.5 Å². The fourth-order valence-corrected chi connectivity index (χ4v) is 5.91. The molecule has 0 spiro atoms. The summed E-state index contributed by atoms with van der Waals surface area (Å²) in [5.74, 6) is 0.466. The Labute approximate surface area is 207 Å². The predicted octanol–water partition coefficient (Wildman–Crippen LogP) is 4.81. The van der Waals surface area contributed by atoms with Crippen LogP contribution in [0.15, 0.2) is 60.8 Å². The number of benzene rings is 2. The second kappa shape index (κ2) is 8.83. The number of nitrogens with zero attached hydrogens (tertiary/aromatic N) is 3. The zero-order chi connectivity index (χ0) is 24.0. The molecule has 1 saturated carbocycles. The van der Waals surface area contributed by atoms with E-state index in [9.17, 15) is 5.11 Å². The number of hydrogen-bond acceptors (Lipinski definition) is 9. The van der Waals surface area contributed by atoms with E-state index in [1.165, 1.54) is 0 Å². The Balaban J connectivity index is 1.37. The van der Waals surface area contributed by atoms with Gasteiger partial charge in [0.2, 0.25) is 5.95 Å². The molecule has 3 heterocycles. The first-order valence-corrected chi connectivity index (χ1v) is 12.6. The van der Waals surface area contributed by atoms with Gasteiger partial charge in [0.1, 0.15) is 16.9 Å². The molecule has 2 fully saturated rings. The van der Waals surface area contributed by atoms with E-state index in [-0.39, 0.29) is 30.8 Å². The maximum atomic E-state index is 9.98. The smallest absolute Gasteiger partial charge is 0.229 e. The molecule has 0 bridgehead atoms. The van der Waals surface area contributed by atoms with Crippen LogP contribution in [0, 0.1) is 5.92 Å². The van der Waals surface area contributed by atoms with Crippen molar-refractivity contribution in [2.24, 2.45) is 5.92 Å². The van der Waals surface area contributed by atoms with Crippen LogP contribution < -0.4 is 10.6 Å². The first-order chi connectivity index (χ1) is 17.0. The van der Waals surface area contributed by atoms with Gasteiger partial charge in [-0.25, -0.2) is 9.97 Å². The van der Waals surface area contributed by atoms with Crippen molar-refractivity contribution in [2.75, 3.05) is 17.2 Å². The van der Waals surface area contributed by atoms with E-state index < -0.39 is 5.79 Å². The summed E-state index contributed by atoms with van der Waals surface area (Å²) in [6.45, 7) is 3.87. The third-order valence-corrected chi connectivity index (χ3v) is 7.55. The second-order valence-electron chi connectivity index (χ2n) is 9.43. The molecule has 0 unspecified atom stereocenters. The lowest BCUT2D eigenvalue weighted by Crippen LogP contribution is -2.34. The van der Waals surface area contributed by atoms with Crippen LogP contribution >= 0.6 is 11.3 Å². The molecule has 2 aromatic carbocycles. The molecule has 6 rings (SSSR count). The van der Waals surface area contributed by atoms with Crippen molar-refractivity contribution in [3.63, 3.8) is 0 Å². The number of anilines is 3. The third kappa shape index (κ3) is 4.36. The Morgan fingerprint density at radius 1 is 1.03 bits per heavy atom. The molecule has 1 aliphatic heterocycles. The number of hydrogen-bond donors (Lipinski definition) is 3. The minimum Gasteiger partial charge on any atom is -0.396 e. The van der Waals surface area contributed by atoms with E-state index >= 15 is 0 Å². The quantitative estimate of drug-likeness (QED) is 0.355. The van der Waals surface area contributed by atoms with Crippen molar-refractivity contribution in [3.8, 4) is 10.6 Å². The highest BCUT2D eigenvalue weighted by atomic mass is 32.1. The van der Waals surface area contributed by atoms with Gasteiger partial charge < -0.3 is 25.2 Å². The molecule has 2 aliphatic rings. The summed E-state index contributed by atoms with van der Waals surface area (Å²) < 4.78 is 13.5. The molecule has 0 radical (unpaired) electrons. The van der Waals surface area contributed by atoms with Crippen LogP contribution in [0.5, 0.6) is 0 Å². The van der Waals surface area contributed by atoms with E-state index in [4.69, 9.17) is 19.4 Å². The zero-order valence-corrected chi connectivity index (χ0v) is 20.3. The van der Waals surface area contributed by atoms with Gasteiger partial charge in [-0.05, 0) is 44.5 Å². The van der Waals surface area contributed by atoms with Crippen LogP contribution in [-0.4, -0.2) is 50.7 Å². The lowest BCUT2D eigenvalue weighted by molar-refractivity contribution is -0.158. The number of para-hydroxylation sites is 2. The van der Waals surface area contributed by atoms with E-state index in [1.54, 1.807) is 11.3 Å². The highest BCUT2D eigenvalue weighted by molar-refractivity contribution is 7.21. The third-order valence-electron chi connectivity index (χ3n) is 6.48. The van der Waals surface area contributed by atoms with Gasteiger partial charge in [0, 0.05) is 24.4 Å². The van der Waals surface area contributed by atoms with E-state index in [2.05, 4.69) is 21.7 Å². The summed E-state index contributed by atoms with van der Waals surface area (Å²) in [5, 5.41) is 17.7. The van der Waals surface area contributed by atoms with Crippen LogP contribution in [0.2, 0.25) is 0 Å².